The summed E-state index contributed by atoms with van der Waals surface area (Å²) in [6.45, 7) is 7.07. The summed E-state index contributed by atoms with van der Waals surface area (Å²) in [4.78, 5) is 0. The minimum Gasteiger partial charge on any atom is -0.476 e. The largest absolute Gasteiger partial charge is 0.476 e. The van der Waals surface area contributed by atoms with Gasteiger partial charge in [-0.25, -0.2) is 0 Å². The van der Waals surface area contributed by atoms with Crippen molar-refractivity contribution >= 4 is 8.73 Å². The van der Waals surface area contributed by atoms with Gasteiger partial charge in [0.2, 0.25) is 5.88 Å². The molecule has 1 heterocycles. The maximum atomic E-state index is 5.42. The molecule has 12 heavy (non-hydrogen) atoms. The normalized spacial score (nSPS) is 11.7. The third-order valence-corrected chi connectivity index (χ3v) is 2.07. The third-order valence-electron chi connectivity index (χ3n) is 1.36. The highest BCUT2D eigenvalue weighted by atomic mass is 31.1. The molecule has 1 aromatic heterocycles. The van der Waals surface area contributed by atoms with Crippen LogP contribution >= 0.6 is 8.73 Å². The Balaban J connectivity index is 2.41. The quantitative estimate of drug-likeness (QED) is 0.672. The zero-order valence-corrected chi connectivity index (χ0v) is 8.74. The Hall–Kier alpha value is -0.560. The van der Waals surface area contributed by atoms with Crippen molar-refractivity contribution in [3.05, 3.63) is 12.3 Å². The molecule has 0 fully saturated rings. The van der Waals surface area contributed by atoms with Crippen molar-refractivity contribution in [3.8, 4) is 5.88 Å². The lowest BCUT2D eigenvalue weighted by molar-refractivity contribution is 0.260. The van der Waals surface area contributed by atoms with Crippen molar-refractivity contribution in [2.24, 2.45) is 5.92 Å². The van der Waals surface area contributed by atoms with Gasteiger partial charge in [-0.2, -0.15) is 0 Å². The molecule has 0 aromatic carbocycles. The van der Waals surface area contributed by atoms with E-state index in [1.807, 2.05) is 16.7 Å². The van der Waals surface area contributed by atoms with E-state index in [0.29, 0.717) is 14.6 Å². The number of hydrogen-bond donors (Lipinski definition) is 0. The van der Waals surface area contributed by atoms with E-state index in [1.165, 1.54) is 0 Å². The van der Waals surface area contributed by atoms with E-state index in [1.54, 1.807) is 0 Å². The minimum absolute atomic E-state index is 0.555. The Morgan fingerprint density at radius 1 is 1.67 bits per heavy atom. The summed E-state index contributed by atoms with van der Waals surface area (Å²) >= 11 is 0. The molecular formula is C8H15N2OP. The standard InChI is InChI=1S/C8H15N2OP/c1-7(2)6-11-8-4-5-10(9-8)12-3/h4-5,7,12H,6H2,1-3H3. The Morgan fingerprint density at radius 3 is 2.92 bits per heavy atom. The third kappa shape index (κ3) is 2.82. The molecule has 0 aliphatic carbocycles. The summed E-state index contributed by atoms with van der Waals surface area (Å²) in [7, 11) is 0.675. The van der Waals surface area contributed by atoms with Gasteiger partial charge in [-0.1, -0.05) is 13.8 Å². The van der Waals surface area contributed by atoms with E-state index in [2.05, 4.69) is 25.6 Å². The Kier molecular flexibility index (Phi) is 3.54. The van der Waals surface area contributed by atoms with Gasteiger partial charge in [0.1, 0.15) is 0 Å². The first-order chi connectivity index (χ1) is 5.72. The SMILES string of the molecule is CPn1ccc(OCC(C)C)n1. The summed E-state index contributed by atoms with van der Waals surface area (Å²) in [6, 6.07) is 1.90. The number of nitrogens with zero attached hydrogens (tertiary/aromatic N) is 2. The van der Waals surface area contributed by atoms with Crippen LogP contribution in [0.2, 0.25) is 0 Å². The summed E-state index contributed by atoms with van der Waals surface area (Å²) in [6.07, 6.45) is 1.94. The topological polar surface area (TPSA) is 27.1 Å². The highest BCUT2D eigenvalue weighted by Gasteiger charge is 1.99. The molecule has 0 N–H and O–H groups in total. The van der Waals surface area contributed by atoms with Gasteiger partial charge in [0.05, 0.1) is 6.61 Å². The van der Waals surface area contributed by atoms with Crippen LogP contribution in [0.5, 0.6) is 5.88 Å². The molecule has 4 heteroatoms. The summed E-state index contributed by atoms with van der Waals surface area (Å²) in [5.41, 5.74) is 0. The molecule has 0 spiro atoms. The van der Waals surface area contributed by atoms with Crippen LogP contribution in [-0.4, -0.2) is 22.8 Å². The van der Waals surface area contributed by atoms with Crippen LogP contribution in [0, 0.1) is 5.92 Å². The van der Waals surface area contributed by atoms with Gasteiger partial charge in [0.25, 0.3) is 0 Å². The summed E-state index contributed by atoms with van der Waals surface area (Å²) < 4.78 is 7.31. The molecule has 0 saturated heterocycles. The van der Waals surface area contributed by atoms with Crippen LogP contribution in [0.15, 0.2) is 12.3 Å². The fourth-order valence-corrected chi connectivity index (χ4v) is 1.18. The molecule has 0 bridgehead atoms. The Labute approximate surface area is 74.9 Å². The molecule has 1 rings (SSSR count). The smallest absolute Gasteiger partial charge is 0.233 e. The Morgan fingerprint density at radius 2 is 2.42 bits per heavy atom. The number of ether oxygens (including phenoxy) is 1. The second-order valence-corrected chi connectivity index (χ2v) is 3.93. The van der Waals surface area contributed by atoms with Gasteiger partial charge in [-0.3, -0.25) is 4.45 Å². The zero-order valence-electron chi connectivity index (χ0n) is 7.74. The van der Waals surface area contributed by atoms with E-state index < -0.39 is 0 Å². The average Bonchev–Trinajstić information content (AvgIpc) is 2.48. The molecule has 3 nitrogen and oxygen atoms in total. The first kappa shape index (κ1) is 9.53. The van der Waals surface area contributed by atoms with E-state index in [0.717, 1.165) is 12.5 Å². The van der Waals surface area contributed by atoms with Gasteiger partial charge in [0, 0.05) is 12.3 Å². The molecular weight excluding hydrogens is 171 g/mol. The highest BCUT2D eigenvalue weighted by Crippen LogP contribution is 2.13. The second kappa shape index (κ2) is 4.46. The molecule has 1 unspecified atom stereocenters. The van der Waals surface area contributed by atoms with E-state index in [9.17, 15) is 0 Å². The molecule has 68 valence electrons. The predicted octanol–water partition coefficient (Wildman–Crippen LogP) is 1.99. The number of hydrogen-bond acceptors (Lipinski definition) is 2. The van der Waals surface area contributed by atoms with Crippen molar-refractivity contribution in [3.63, 3.8) is 0 Å². The first-order valence-electron chi connectivity index (χ1n) is 4.08. The van der Waals surface area contributed by atoms with Crippen molar-refractivity contribution < 1.29 is 4.74 Å². The second-order valence-electron chi connectivity index (χ2n) is 3.03. The lowest BCUT2D eigenvalue weighted by Crippen LogP contribution is -2.04. The molecule has 0 aliphatic rings. The Bertz CT molecular complexity index is 235. The van der Waals surface area contributed by atoms with Crippen LogP contribution in [-0.2, 0) is 0 Å². The predicted molar refractivity (Wildman–Crippen MR) is 52.2 cm³/mol. The van der Waals surface area contributed by atoms with Crippen LogP contribution in [0.3, 0.4) is 0 Å². The maximum Gasteiger partial charge on any atom is 0.233 e. The molecule has 0 saturated carbocycles. The van der Waals surface area contributed by atoms with Gasteiger partial charge >= 0.3 is 0 Å². The average molecular weight is 186 g/mol. The van der Waals surface area contributed by atoms with Crippen molar-refractivity contribution in [2.45, 2.75) is 13.8 Å². The van der Waals surface area contributed by atoms with Crippen molar-refractivity contribution in [1.29, 1.82) is 0 Å². The molecule has 1 aromatic rings. The van der Waals surface area contributed by atoms with Crippen LogP contribution in [0.25, 0.3) is 0 Å². The van der Waals surface area contributed by atoms with Gasteiger partial charge in [-0.05, 0) is 21.3 Å². The first-order valence-corrected chi connectivity index (χ1v) is 5.53. The van der Waals surface area contributed by atoms with Gasteiger partial charge in [0.15, 0.2) is 0 Å². The van der Waals surface area contributed by atoms with Crippen LogP contribution < -0.4 is 4.74 Å². The van der Waals surface area contributed by atoms with E-state index in [4.69, 9.17) is 4.74 Å². The van der Waals surface area contributed by atoms with Crippen molar-refractivity contribution in [2.75, 3.05) is 13.3 Å². The molecule has 0 radical (unpaired) electrons. The van der Waals surface area contributed by atoms with Gasteiger partial charge in [-0.15, -0.1) is 5.10 Å². The molecule has 0 amide bonds. The number of rotatable bonds is 4. The van der Waals surface area contributed by atoms with E-state index in [-0.39, 0.29) is 0 Å². The lowest BCUT2D eigenvalue weighted by Gasteiger charge is -2.04. The zero-order chi connectivity index (χ0) is 8.97. The van der Waals surface area contributed by atoms with Crippen molar-refractivity contribution in [1.82, 2.24) is 9.55 Å². The van der Waals surface area contributed by atoms with Crippen LogP contribution in [0.1, 0.15) is 13.8 Å². The maximum absolute atomic E-state index is 5.42. The lowest BCUT2D eigenvalue weighted by atomic mass is 10.2. The summed E-state index contributed by atoms with van der Waals surface area (Å²) in [5, 5.41) is 4.21. The fourth-order valence-electron chi connectivity index (χ4n) is 0.761. The minimum atomic E-state index is 0.555. The highest BCUT2D eigenvalue weighted by molar-refractivity contribution is 7.35. The fraction of sp³-hybridized carbons (Fsp3) is 0.625. The van der Waals surface area contributed by atoms with Gasteiger partial charge < -0.3 is 4.74 Å². The van der Waals surface area contributed by atoms with Crippen LogP contribution in [0.4, 0.5) is 0 Å². The van der Waals surface area contributed by atoms with E-state index >= 15 is 0 Å². The summed E-state index contributed by atoms with van der Waals surface area (Å²) in [5.74, 6) is 1.29. The molecule has 1 atom stereocenters. The monoisotopic (exact) mass is 186 g/mol. The molecule has 0 aliphatic heterocycles. The number of aromatic nitrogens is 2.